The van der Waals surface area contributed by atoms with Crippen LogP contribution in [0.15, 0.2) is 12.3 Å². The van der Waals surface area contributed by atoms with Gasteiger partial charge in [0.2, 0.25) is 5.88 Å². The van der Waals surface area contributed by atoms with Crippen molar-refractivity contribution in [3.63, 3.8) is 0 Å². The minimum Gasteiger partial charge on any atom is -0.475 e. The monoisotopic (exact) mass is 460 g/mol. The van der Waals surface area contributed by atoms with Gasteiger partial charge in [-0.25, -0.2) is 14.5 Å². The topological polar surface area (TPSA) is 98.5 Å². The maximum Gasteiger partial charge on any atom is 0.404 e. The third-order valence-corrected chi connectivity index (χ3v) is 4.90. The summed E-state index contributed by atoms with van der Waals surface area (Å²) in [5, 5.41) is 16.5. The maximum absolute atomic E-state index is 10.5. The quantitative estimate of drug-likeness (QED) is 0.643. The number of nitrogens with one attached hydrogen (secondary N) is 1. The lowest BCUT2D eigenvalue weighted by molar-refractivity contribution is -0.0369. The number of hydrogen-bond donors (Lipinski definition) is 2. The fourth-order valence-corrected chi connectivity index (χ4v) is 3.49. The van der Waals surface area contributed by atoms with E-state index in [0.717, 1.165) is 40.5 Å². The summed E-state index contributed by atoms with van der Waals surface area (Å²) in [6, 6.07) is 1.88. The van der Waals surface area contributed by atoms with E-state index in [9.17, 15) is 4.79 Å². The number of rotatable bonds is 6. The second-order valence-electron chi connectivity index (χ2n) is 6.05. The van der Waals surface area contributed by atoms with Gasteiger partial charge in [-0.15, -0.1) is 0 Å². The molecule has 2 unspecified atom stereocenters. The fraction of sp³-hybridized carbons (Fsp3) is 0.562. The van der Waals surface area contributed by atoms with Crippen LogP contribution in [0.4, 0.5) is 4.79 Å². The summed E-state index contributed by atoms with van der Waals surface area (Å²) in [7, 11) is 0. The smallest absolute Gasteiger partial charge is 0.404 e. The number of pyridine rings is 1. The molecular weight excluding hydrogens is 439 g/mol. The van der Waals surface area contributed by atoms with Crippen molar-refractivity contribution in [2.24, 2.45) is 0 Å². The number of amides is 1. The van der Waals surface area contributed by atoms with Gasteiger partial charge in [0.05, 0.1) is 17.8 Å². The molecule has 1 amide bonds. The van der Waals surface area contributed by atoms with E-state index in [-0.39, 0.29) is 12.3 Å². The Kier molecular flexibility index (Phi) is 5.94. The Balaban J connectivity index is 1.72. The molecule has 136 valence electrons. The standard InChI is InChI=1S/C16H21IN4O4/c1-10(5-6-18-16(22)23)25-13-8-11-12(9-19-13)21(20-15(11)17)14-4-2-3-7-24-14/h8-10,14,18H,2-7H2,1H3,(H,22,23). The van der Waals surface area contributed by atoms with Crippen LogP contribution in [0.5, 0.6) is 5.88 Å². The van der Waals surface area contributed by atoms with E-state index in [2.05, 4.69) is 38.0 Å². The van der Waals surface area contributed by atoms with Gasteiger partial charge in [-0.05, 0) is 48.8 Å². The molecule has 2 N–H and O–H groups in total. The van der Waals surface area contributed by atoms with Crippen molar-refractivity contribution in [2.45, 2.75) is 44.9 Å². The summed E-state index contributed by atoms with van der Waals surface area (Å²) >= 11 is 2.21. The normalized spacial score (nSPS) is 18.9. The van der Waals surface area contributed by atoms with Gasteiger partial charge in [0, 0.05) is 31.0 Å². The highest BCUT2D eigenvalue weighted by Crippen LogP contribution is 2.30. The van der Waals surface area contributed by atoms with Crippen LogP contribution in [0.2, 0.25) is 0 Å². The second kappa shape index (κ2) is 8.17. The molecule has 0 aromatic carbocycles. The number of aromatic nitrogens is 3. The zero-order chi connectivity index (χ0) is 17.8. The zero-order valence-electron chi connectivity index (χ0n) is 13.9. The lowest BCUT2D eigenvalue weighted by Gasteiger charge is -2.23. The summed E-state index contributed by atoms with van der Waals surface area (Å²) in [5.41, 5.74) is 0.934. The lowest BCUT2D eigenvalue weighted by atomic mass is 10.2. The molecule has 2 aromatic rings. The van der Waals surface area contributed by atoms with E-state index in [1.807, 2.05) is 17.7 Å². The van der Waals surface area contributed by atoms with E-state index >= 15 is 0 Å². The molecule has 0 bridgehead atoms. The molecule has 1 saturated heterocycles. The molecule has 0 aliphatic carbocycles. The molecule has 25 heavy (non-hydrogen) atoms. The van der Waals surface area contributed by atoms with Gasteiger partial charge in [-0.2, -0.15) is 5.10 Å². The molecule has 8 nitrogen and oxygen atoms in total. The minimum absolute atomic E-state index is 0.0330. The molecule has 0 spiro atoms. The van der Waals surface area contributed by atoms with Crippen molar-refractivity contribution in [1.82, 2.24) is 20.1 Å². The second-order valence-corrected chi connectivity index (χ2v) is 7.07. The summed E-state index contributed by atoms with van der Waals surface area (Å²) in [6.07, 6.45) is 4.31. The number of halogens is 1. The largest absolute Gasteiger partial charge is 0.475 e. The predicted octanol–water partition coefficient (Wildman–Crippen LogP) is 3.16. The van der Waals surface area contributed by atoms with Gasteiger partial charge in [-0.3, -0.25) is 0 Å². The highest BCUT2D eigenvalue weighted by Gasteiger charge is 2.21. The molecular formula is C16H21IN4O4. The van der Waals surface area contributed by atoms with Gasteiger partial charge >= 0.3 is 6.09 Å². The minimum atomic E-state index is -1.03. The van der Waals surface area contributed by atoms with Crippen molar-refractivity contribution in [2.75, 3.05) is 13.2 Å². The van der Waals surface area contributed by atoms with Crippen LogP contribution in [0, 0.1) is 3.70 Å². The molecule has 9 heteroatoms. The fourth-order valence-electron chi connectivity index (χ4n) is 2.83. The molecule has 1 fully saturated rings. The number of hydrogen-bond acceptors (Lipinski definition) is 5. The number of carboxylic acid groups (broad SMARTS) is 1. The van der Waals surface area contributed by atoms with Crippen molar-refractivity contribution in [3.8, 4) is 5.88 Å². The Morgan fingerprint density at radius 3 is 3.16 bits per heavy atom. The van der Waals surface area contributed by atoms with Crippen molar-refractivity contribution in [1.29, 1.82) is 0 Å². The van der Waals surface area contributed by atoms with Crippen LogP contribution < -0.4 is 10.1 Å². The molecule has 0 radical (unpaired) electrons. The lowest BCUT2D eigenvalue weighted by Crippen LogP contribution is -2.26. The van der Waals surface area contributed by atoms with Crippen LogP contribution in [0.3, 0.4) is 0 Å². The third kappa shape index (κ3) is 4.51. The summed E-state index contributed by atoms with van der Waals surface area (Å²) in [4.78, 5) is 14.9. The number of nitrogens with zero attached hydrogens (tertiary/aromatic N) is 3. The third-order valence-electron chi connectivity index (χ3n) is 4.10. The van der Waals surface area contributed by atoms with E-state index in [0.29, 0.717) is 18.8 Å². The molecule has 1 aliphatic rings. The van der Waals surface area contributed by atoms with E-state index < -0.39 is 6.09 Å². The van der Waals surface area contributed by atoms with Gasteiger partial charge in [-0.1, -0.05) is 0 Å². The van der Waals surface area contributed by atoms with E-state index in [1.165, 1.54) is 0 Å². The first-order valence-corrected chi connectivity index (χ1v) is 9.41. The Labute approximate surface area is 159 Å². The summed E-state index contributed by atoms with van der Waals surface area (Å²) in [6.45, 7) is 2.99. The van der Waals surface area contributed by atoms with E-state index in [4.69, 9.17) is 14.6 Å². The van der Waals surface area contributed by atoms with Crippen molar-refractivity contribution < 1.29 is 19.4 Å². The Hall–Kier alpha value is -1.62. The molecule has 2 aromatic heterocycles. The number of ether oxygens (including phenoxy) is 2. The molecule has 1 aliphatic heterocycles. The van der Waals surface area contributed by atoms with Crippen LogP contribution in [0.1, 0.15) is 38.8 Å². The SMILES string of the molecule is CC(CCNC(=O)O)Oc1cc2c(I)nn(C3CCCCO3)c2cn1. The van der Waals surface area contributed by atoms with Crippen molar-refractivity contribution >= 4 is 39.6 Å². The summed E-state index contributed by atoms with van der Waals surface area (Å²) in [5.74, 6) is 0.511. The van der Waals surface area contributed by atoms with Gasteiger partial charge in [0.25, 0.3) is 0 Å². The van der Waals surface area contributed by atoms with E-state index in [1.54, 1.807) is 6.20 Å². The Bertz CT molecular complexity index is 745. The Morgan fingerprint density at radius 2 is 2.44 bits per heavy atom. The Morgan fingerprint density at radius 1 is 1.60 bits per heavy atom. The van der Waals surface area contributed by atoms with Gasteiger partial charge in [0.1, 0.15) is 3.70 Å². The van der Waals surface area contributed by atoms with Crippen LogP contribution in [-0.4, -0.2) is 45.2 Å². The number of fused-ring (bicyclic) bond motifs is 1. The van der Waals surface area contributed by atoms with Crippen LogP contribution in [-0.2, 0) is 4.74 Å². The first-order valence-electron chi connectivity index (χ1n) is 8.33. The van der Waals surface area contributed by atoms with Crippen LogP contribution >= 0.6 is 22.6 Å². The zero-order valence-corrected chi connectivity index (χ0v) is 16.1. The molecule has 2 atom stereocenters. The summed E-state index contributed by atoms with van der Waals surface area (Å²) < 4.78 is 14.4. The predicted molar refractivity (Wildman–Crippen MR) is 99.8 cm³/mol. The number of carbonyl (C=O) groups is 1. The molecule has 3 rings (SSSR count). The first-order chi connectivity index (χ1) is 12.0. The highest BCUT2D eigenvalue weighted by atomic mass is 127. The molecule has 0 saturated carbocycles. The van der Waals surface area contributed by atoms with Gasteiger partial charge < -0.3 is 19.9 Å². The maximum atomic E-state index is 10.5. The first kappa shape index (κ1) is 18.2. The van der Waals surface area contributed by atoms with Gasteiger partial charge in [0.15, 0.2) is 6.23 Å². The van der Waals surface area contributed by atoms with Crippen LogP contribution in [0.25, 0.3) is 10.9 Å². The van der Waals surface area contributed by atoms with Crippen molar-refractivity contribution in [3.05, 3.63) is 16.0 Å². The molecule has 3 heterocycles. The highest BCUT2D eigenvalue weighted by molar-refractivity contribution is 14.1. The average Bonchev–Trinajstić information content (AvgIpc) is 2.92. The average molecular weight is 460 g/mol.